The molecule has 0 amide bonds. The molecule has 1 aromatic heterocycles. The van der Waals surface area contributed by atoms with Gasteiger partial charge in [0.1, 0.15) is 0 Å². The van der Waals surface area contributed by atoms with E-state index >= 15 is 0 Å². The molecular formula is C11H14ClNOS. The van der Waals surface area contributed by atoms with Crippen LogP contribution in [0.3, 0.4) is 0 Å². The van der Waals surface area contributed by atoms with Gasteiger partial charge in [0, 0.05) is 22.3 Å². The van der Waals surface area contributed by atoms with Crippen molar-refractivity contribution < 1.29 is 4.74 Å². The fourth-order valence-electron chi connectivity index (χ4n) is 2.03. The maximum Gasteiger partial charge on any atom is 0.0552 e. The van der Waals surface area contributed by atoms with Gasteiger partial charge in [0.25, 0.3) is 0 Å². The number of ether oxygens (including phenoxy) is 1. The average Bonchev–Trinajstić information content (AvgIpc) is 2.71. The minimum atomic E-state index is -0.0496. The zero-order valence-corrected chi connectivity index (χ0v) is 10.0. The van der Waals surface area contributed by atoms with Crippen LogP contribution in [0, 0.1) is 0 Å². The van der Waals surface area contributed by atoms with Crippen LogP contribution in [0.25, 0.3) is 0 Å². The lowest BCUT2D eigenvalue weighted by molar-refractivity contribution is 0.194. The average molecular weight is 244 g/mol. The predicted molar refractivity (Wildman–Crippen MR) is 62.6 cm³/mol. The number of thiophene rings is 1. The van der Waals surface area contributed by atoms with Crippen molar-refractivity contribution in [2.75, 3.05) is 13.2 Å². The molecule has 2 aliphatic rings. The third kappa shape index (κ3) is 1.72. The Labute approximate surface area is 98.4 Å². The molecule has 1 saturated heterocycles. The van der Waals surface area contributed by atoms with E-state index in [0.717, 1.165) is 37.5 Å². The Kier molecular flexibility index (Phi) is 2.32. The summed E-state index contributed by atoms with van der Waals surface area (Å²) < 4.78 is 5.39. The molecule has 3 rings (SSSR count). The standard InChI is InChI=1S/C11H14ClNOS/c12-8-5-9(11(13)2-3-11)15-10(8)7-1-4-14-6-7/h5,7H,1-4,6,13H2. The predicted octanol–water partition coefficient (Wildman–Crippen LogP) is 2.85. The Balaban J connectivity index is 1.91. The normalized spacial score (nSPS) is 28.3. The van der Waals surface area contributed by atoms with Crippen molar-refractivity contribution in [1.29, 1.82) is 0 Å². The molecule has 15 heavy (non-hydrogen) atoms. The summed E-state index contributed by atoms with van der Waals surface area (Å²) in [7, 11) is 0. The minimum Gasteiger partial charge on any atom is -0.381 e. The van der Waals surface area contributed by atoms with Gasteiger partial charge in [-0.2, -0.15) is 0 Å². The second-order valence-electron chi connectivity index (χ2n) is 4.54. The molecule has 2 heterocycles. The van der Waals surface area contributed by atoms with Gasteiger partial charge < -0.3 is 10.5 Å². The van der Waals surface area contributed by atoms with Crippen LogP contribution in [0.1, 0.15) is 34.9 Å². The summed E-state index contributed by atoms with van der Waals surface area (Å²) in [6.45, 7) is 1.68. The second kappa shape index (κ2) is 3.45. The van der Waals surface area contributed by atoms with Crippen LogP contribution in [0.15, 0.2) is 6.07 Å². The number of hydrogen-bond donors (Lipinski definition) is 1. The first-order chi connectivity index (χ1) is 7.19. The van der Waals surface area contributed by atoms with E-state index in [4.69, 9.17) is 22.1 Å². The monoisotopic (exact) mass is 243 g/mol. The number of hydrogen-bond acceptors (Lipinski definition) is 3. The molecule has 2 fully saturated rings. The molecule has 0 spiro atoms. The van der Waals surface area contributed by atoms with Crippen LogP contribution < -0.4 is 5.73 Å². The van der Waals surface area contributed by atoms with Crippen molar-refractivity contribution >= 4 is 22.9 Å². The van der Waals surface area contributed by atoms with Crippen molar-refractivity contribution in [1.82, 2.24) is 0 Å². The fourth-order valence-corrected chi connectivity index (χ4v) is 3.80. The van der Waals surface area contributed by atoms with E-state index < -0.39 is 0 Å². The van der Waals surface area contributed by atoms with E-state index in [0.29, 0.717) is 5.92 Å². The van der Waals surface area contributed by atoms with Gasteiger partial charge in [0.05, 0.1) is 17.2 Å². The maximum atomic E-state index is 6.26. The maximum absolute atomic E-state index is 6.26. The van der Waals surface area contributed by atoms with Crippen LogP contribution in [0.2, 0.25) is 5.02 Å². The third-order valence-electron chi connectivity index (χ3n) is 3.29. The van der Waals surface area contributed by atoms with Crippen molar-refractivity contribution in [3.05, 3.63) is 20.8 Å². The molecule has 1 aliphatic heterocycles. The number of halogens is 1. The molecule has 1 unspecified atom stereocenters. The van der Waals surface area contributed by atoms with Gasteiger partial charge in [-0.05, 0) is 25.3 Å². The lowest BCUT2D eigenvalue weighted by Crippen LogP contribution is -2.16. The molecule has 2 nitrogen and oxygen atoms in total. The summed E-state index contributed by atoms with van der Waals surface area (Å²) in [5.41, 5.74) is 6.12. The molecule has 1 saturated carbocycles. The van der Waals surface area contributed by atoms with Crippen molar-refractivity contribution in [2.24, 2.45) is 5.73 Å². The minimum absolute atomic E-state index is 0.0496. The highest BCUT2D eigenvalue weighted by molar-refractivity contribution is 7.13. The summed E-state index contributed by atoms with van der Waals surface area (Å²) in [5, 5.41) is 0.891. The van der Waals surface area contributed by atoms with Crippen molar-refractivity contribution in [3.63, 3.8) is 0 Å². The summed E-state index contributed by atoms with van der Waals surface area (Å²) in [4.78, 5) is 2.54. The SMILES string of the molecule is NC1(c2cc(Cl)c(C3CCOC3)s2)CC1. The Bertz CT molecular complexity index is 380. The van der Waals surface area contributed by atoms with E-state index in [2.05, 4.69) is 6.07 Å². The van der Waals surface area contributed by atoms with E-state index in [1.54, 1.807) is 11.3 Å². The summed E-state index contributed by atoms with van der Waals surface area (Å²) in [5.74, 6) is 0.499. The van der Waals surface area contributed by atoms with Crippen LogP contribution in [0.5, 0.6) is 0 Å². The zero-order chi connectivity index (χ0) is 10.5. The van der Waals surface area contributed by atoms with Gasteiger partial charge in [-0.3, -0.25) is 0 Å². The number of rotatable bonds is 2. The van der Waals surface area contributed by atoms with Gasteiger partial charge >= 0.3 is 0 Å². The number of nitrogens with two attached hydrogens (primary N) is 1. The third-order valence-corrected chi connectivity index (χ3v) is 5.24. The Morgan fingerprint density at radius 2 is 2.33 bits per heavy atom. The lowest BCUT2D eigenvalue weighted by Gasteiger charge is -2.05. The van der Waals surface area contributed by atoms with E-state index in [1.165, 1.54) is 9.75 Å². The van der Waals surface area contributed by atoms with Gasteiger partial charge in [-0.15, -0.1) is 11.3 Å². The first kappa shape index (κ1) is 10.1. The molecule has 0 aromatic carbocycles. The van der Waals surface area contributed by atoms with E-state index in [-0.39, 0.29) is 5.54 Å². The van der Waals surface area contributed by atoms with Crippen LogP contribution >= 0.6 is 22.9 Å². The summed E-state index contributed by atoms with van der Waals surface area (Å²) >= 11 is 8.05. The molecule has 0 bridgehead atoms. The zero-order valence-electron chi connectivity index (χ0n) is 8.46. The highest BCUT2D eigenvalue weighted by Crippen LogP contribution is 2.49. The molecule has 1 aliphatic carbocycles. The highest BCUT2D eigenvalue weighted by atomic mass is 35.5. The molecule has 2 N–H and O–H groups in total. The first-order valence-corrected chi connectivity index (χ1v) is 6.55. The largest absolute Gasteiger partial charge is 0.381 e. The topological polar surface area (TPSA) is 35.2 Å². The van der Waals surface area contributed by atoms with Crippen LogP contribution in [-0.4, -0.2) is 13.2 Å². The molecule has 1 atom stereocenters. The van der Waals surface area contributed by atoms with E-state index in [1.807, 2.05) is 0 Å². The Morgan fingerprint density at radius 3 is 2.93 bits per heavy atom. The van der Waals surface area contributed by atoms with Gasteiger partial charge in [0.15, 0.2) is 0 Å². The smallest absolute Gasteiger partial charge is 0.0552 e. The van der Waals surface area contributed by atoms with Crippen LogP contribution in [0.4, 0.5) is 0 Å². The molecule has 1 aromatic rings. The highest BCUT2D eigenvalue weighted by Gasteiger charge is 2.42. The molecule has 0 radical (unpaired) electrons. The lowest BCUT2D eigenvalue weighted by atomic mass is 10.1. The first-order valence-electron chi connectivity index (χ1n) is 5.35. The molecule has 4 heteroatoms. The Morgan fingerprint density at radius 1 is 1.53 bits per heavy atom. The van der Waals surface area contributed by atoms with Crippen molar-refractivity contribution in [3.8, 4) is 0 Å². The molecular weight excluding hydrogens is 230 g/mol. The van der Waals surface area contributed by atoms with Gasteiger partial charge in [-0.25, -0.2) is 0 Å². The quantitative estimate of drug-likeness (QED) is 0.867. The van der Waals surface area contributed by atoms with Gasteiger partial charge in [-0.1, -0.05) is 11.6 Å². The fraction of sp³-hybridized carbons (Fsp3) is 0.636. The summed E-state index contributed by atoms with van der Waals surface area (Å²) in [6.07, 6.45) is 3.30. The van der Waals surface area contributed by atoms with Gasteiger partial charge in [0.2, 0.25) is 0 Å². The second-order valence-corrected chi connectivity index (χ2v) is 6.03. The molecule has 82 valence electrons. The Hall–Kier alpha value is -0.0900. The van der Waals surface area contributed by atoms with Crippen LogP contribution in [-0.2, 0) is 10.3 Å². The summed E-state index contributed by atoms with van der Waals surface area (Å²) in [6, 6.07) is 2.06. The van der Waals surface area contributed by atoms with Crippen molar-refractivity contribution in [2.45, 2.75) is 30.7 Å². The van der Waals surface area contributed by atoms with E-state index in [9.17, 15) is 0 Å².